The number of pyridine rings is 1. The van der Waals surface area contributed by atoms with Crippen molar-refractivity contribution in [3.8, 4) is 0 Å². The molecular formula is C10H15LiN2-2. The van der Waals surface area contributed by atoms with Gasteiger partial charge >= 0.3 is 18.9 Å². The maximum Gasteiger partial charge on any atom is 1.00 e. The van der Waals surface area contributed by atoms with Crippen molar-refractivity contribution in [3.05, 3.63) is 44.4 Å². The number of nitrogens with zero attached hydrogens (tertiary/aromatic N) is 1. The van der Waals surface area contributed by atoms with Crippen LogP contribution in [0.25, 0.3) is 0 Å². The van der Waals surface area contributed by atoms with Crippen LogP contribution in [0, 0.1) is 20.0 Å². The second kappa shape index (κ2) is 11.7. The third-order valence-electron chi connectivity index (χ3n) is 1.26. The fraction of sp³-hybridized carbons (Fsp3) is 0.300. The Bertz CT molecular complexity index is 137. The zero-order valence-corrected chi connectivity index (χ0v) is 8.24. The molecule has 0 radical (unpaired) electrons. The Morgan fingerprint density at radius 3 is 2.00 bits per heavy atom. The smallest absolute Gasteiger partial charge is 0.394 e. The van der Waals surface area contributed by atoms with Crippen molar-refractivity contribution in [2.45, 2.75) is 18.9 Å². The van der Waals surface area contributed by atoms with Crippen LogP contribution in [0.5, 0.6) is 0 Å². The third-order valence-corrected chi connectivity index (χ3v) is 1.26. The van der Waals surface area contributed by atoms with Crippen molar-refractivity contribution in [3.63, 3.8) is 0 Å². The van der Waals surface area contributed by atoms with Crippen molar-refractivity contribution in [1.82, 2.24) is 4.98 Å². The Balaban J connectivity index is 0. The van der Waals surface area contributed by atoms with Crippen molar-refractivity contribution >= 4 is 0 Å². The van der Waals surface area contributed by atoms with Gasteiger partial charge in [0.05, 0.1) is 0 Å². The van der Waals surface area contributed by atoms with E-state index in [2.05, 4.69) is 25.0 Å². The molecular weight excluding hydrogens is 155 g/mol. The van der Waals surface area contributed by atoms with E-state index in [0.29, 0.717) is 0 Å². The molecule has 13 heavy (non-hydrogen) atoms. The van der Waals surface area contributed by atoms with E-state index in [9.17, 15) is 0 Å². The van der Waals surface area contributed by atoms with E-state index in [0.717, 1.165) is 12.8 Å². The van der Waals surface area contributed by atoms with Crippen molar-refractivity contribution < 1.29 is 18.9 Å². The van der Waals surface area contributed by atoms with Gasteiger partial charge in [0.15, 0.2) is 0 Å². The summed E-state index contributed by atoms with van der Waals surface area (Å²) in [7, 11) is 0. The molecule has 0 aromatic carbocycles. The summed E-state index contributed by atoms with van der Waals surface area (Å²) in [6.07, 6.45) is 5.93. The molecule has 0 atom stereocenters. The molecule has 0 saturated carbocycles. The van der Waals surface area contributed by atoms with Gasteiger partial charge in [-0.2, -0.15) is 31.0 Å². The van der Waals surface area contributed by atoms with Crippen molar-refractivity contribution in [2.75, 3.05) is 0 Å². The van der Waals surface area contributed by atoms with Gasteiger partial charge in [-0.05, 0) is 0 Å². The maximum atomic E-state index is 5.35. The van der Waals surface area contributed by atoms with Gasteiger partial charge in [0.1, 0.15) is 0 Å². The fourth-order valence-corrected chi connectivity index (χ4v) is 0.422. The molecule has 0 spiro atoms. The molecule has 2 nitrogen and oxygen atoms in total. The predicted octanol–water partition coefficient (Wildman–Crippen LogP) is -1.35. The summed E-state index contributed by atoms with van der Waals surface area (Å²) in [5.74, 6) is 0. The van der Waals surface area contributed by atoms with Gasteiger partial charge in [0.2, 0.25) is 0 Å². The number of nitrogens with two attached hydrogens (primary N) is 1. The second-order valence-corrected chi connectivity index (χ2v) is 2.30. The van der Waals surface area contributed by atoms with Crippen molar-refractivity contribution in [1.29, 1.82) is 0 Å². The van der Waals surface area contributed by atoms with E-state index >= 15 is 0 Å². The molecule has 0 unspecified atom stereocenters. The van der Waals surface area contributed by atoms with Crippen LogP contribution in [0.1, 0.15) is 12.8 Å². The maximum absolute atomic E-state index is 5.35. The van der Waals surface area contributed by atoms with Crippen LogP contribution in [0.2, 0.25) is 0 Å². The van der Waals surface area contributed by atoms with Gasteiger partial charge in [0, 0.05) is 0 Å². The first-order valence-electron chi connectivity index (χ1n) is 3.92. The zero-order valence-electron chi connectivity index (χ0n) is 8.24. The standard InChI is InChI=1S/C5H4N.C5H11N.Li/c1-2-4-6-5-3-1;1-3-5(6)4-2;/h1-4H;5H,1-4,6H2;/q-1;-2;+1. The summed E-state index contributed by atoms with van der Waals surface area (Å²) in [5.41, 5.74) is 5.35. The molecule has 1 heterocycles. The van der Waals surface area contributed by atoms with E-state index in [4.69, 9.17) is 5.73 Å². The first kappa shape index (κ1) is 15.2. The summed E-state index contributed by atoms with van der Waals surface area (Å²) >= 11 is 0. The normalized spacial score (nSPS) is 8.31. The monoisotopic (exact) mass is 170 g/mol. The van der Waals surface area contributed by atoms with Gasteiger partial charge in [-0.1, -0.05) is 18.4 Å². The minimum atomic E-state index is 0. The SMILES string of the molecule is [CH2-]CC(N)C[CH2-].[Li+].[c-]1ccccn1. The number of hydrogen-bond donors (Lipinski definition) is 1. The minimum Gasteiger partial charge on any atom is -0.394 e. The number of rotatable bonds is 2. The Hall–Kier alpha value is -0.293. The average Bonchev–Trinajstić information content (AvgIpc) is 2.20. The topological polar surface area (TPSA) is 38.9 Å². The number of hydrogen-bond acceptors (Lipinski definition) is 2. The van der Waals surface area contributed by atoms with E-state index in [1.807, 2.05) is 12.1 Å². The molecule has 1 aromatic rings. The van der Waals surface area contributed by atoms with Gasteiger partial charge in [-0.3, -0.25) is 0 Å². The summed E-state index contributed by atoms with van der Waals surface area (Å²) in [6.45, 7) is 7.18. The predicted molar refractivity (Wildman–Crippen MR) is 51.0 cm³/mol. The Kier molecular flexibility index (Phi) is 13.7. The Morgan fingerprint density at radius 1 is 1.31 bits per heavy atom. The quantitative estimate of drug-likeness (QED) is 0.440. The summed E-state index contributed by atoms with van der Waals surface area (Å²) in [4.78, 5) is 3.66. The molecule has 0 amide bonds. The summed E-state index contributed by atoms with van der Waals surface area (Å²) < 4.78 is 0. The Morgan fingerprint density at radius 2 is 1.92 bits per heavy atom. The average molecular weight is 170 g/mol. The second-order valence-electron chi connectivity index (χ2n) is 2.30. The van der Waals surface area contributed by atoms with E-state index in [1.54, 1.807) is 12.3 Å². The van der Waals surface area contributed by atoms with E-state index < -0.39 is 0 Å². The molecule has 1 aromatic heterocycles. The van der Waals surface area contributed by atoms with Crippen LogP contribution in [0.4, 0.5) is 0 Å². The first-order valence-corrected chi connectivity index (χ1v) is 3.92. The molecule has 0 aliphatic carbocycles. The molecule has 0 aliphatic heterocycles. The first-order chi connectivity index (χ1) is 5.81. The third kappa shape index (κ3) is 11.7. The molecule has 0 aliphatic rings. The van der Waals surface area contributed by atoms with Crippen LogP contribution >= 0.6 is 0 Å². The molecule has 0 saturated heterocycles. The Labute approximate surface area is 93.1 Å². The fourth-order valence-electron chi connectivity index (χ4n) is 0.422. The molecule has 68 valence electrons. The number of aromatic nitrogens is 1. The van der Waals surface area contributed by atoms with Crippen LogP contribution in [0.15, 0.2) is 24.4 Å². The van der Waals surface area contributed by atoms with Crippen LogP contribution in [-0.4, -0.2) is 11.0 Å². The van der Waals surface area contributed by atoms with Crippen LogP contribution in [-0.2, 0) is 0 Å². The molecule has 2 N–H and O–H groups in total. The van der Waals surface area contributed by atoms with Crippen molar-refractivity contribution in [2.24, 2.45) is 5.73 Å². The molecule has 0 fully saturated rings. The largest absolute Gasteiger partial charge is 1.00 e. The molecule has 1 rings (SSSR count). The summed E-state index contributed by atoms with van der Waals surface area (Å²) in [5, 5.41) is 0. The molecule has 3 heteroatoms. The van der Waals surface area contributed by atoms with E-state index in [-0.39, 0.29) is 24.9 Å². The minimum absolute atomic E-state index is 0. The van der Waals surface area contributed by atoms with Gasteiger partial charge in [-0.15, -0.1) is 0 Å². The van der Waals surface area contributed by atoms with Crippen LogP contribution < -0.4 is 24.6 Å². The van der Waals surface area contributed by atoms with Gasteiger partial charge in [-0.25, -0.2) is 0 Å². The van der Waals surface area contributed by atoms with Gasteiger partial charge < -0.3 is 24.6 Å². The summed E-state index contributed by atoms with van der Waals surface area (Å²) in [6, 6.07) is 5.72. The van der Waals surface area contributed by atoms with Gasteiger partial charge in [0.25, 0.3) is 0 Å². The van der Waals surface area contributed by atoms with E-state index in [1.165, 1.54) is 0 Å². The van der Waals surface area contributed by atoms with Crippen LogP contribution in [0.3, 0.4) is 0 Å². The zero-order chi connectivity index (χ0) is 9.23. The molecule has 0 bridgehead atoms.